The zero-order valence-corrected chi connectivity index (χ0v) is 14.1. The first-order valence-corrected chi connectivity index (χ1v) is 7.88. The van der Waals surface area contributed by atoms with Crippen molar-refractivity contribution in [3.63, 3.8) is 0 Å². The fourth-order valence-corrected chi connectivity index (χ4v) is 2.49. The zero-order valence-electron chi connectivity index (χ0n) is 14.1. The van der Waals surface area contributed by atoms with Crippen molar-refractivity contribution in [2.75, 3.05) is 17.7 Å². The van der Waals surface area contributed by atoms with Crippen molar-refractivity contribution in [3.8, 4) is 16.9 Å². The van der Waals surface area contributed by atoms with Crippen molar-refractivity contribution >= 4 is 23.0 Å². The molecule has 25 heavy (non-hydrogen) atoms. The molecule has 3 aromatic rings. The molecule has 0 atom stereocenters. The summed E-state index contributed by atoms with van der Waals surface area (Å²) in [5, 5.41) is 6.12. The Kier molecular flexibility index (Phi) is 4.95. The summed E-state index contributed by atoms with van der Waals surface area (Å²) in [6.07, 6.45) is 3.57. The van der Waals surface area contributed by atoms with Crippen LogP contribution in [0.5, 0.6) is 5.75 Å². The Bertz CT molecular complexity index is 876. The summed E-state index contributed by atoms with van der Waals surface area (Å²) in [4.78, 5) is 15.5. The lowest BCUT2D eigenvalue weighted by atomic mass is 10.1. The SMILES string of the molecule is COc1ccc(Nc2cncc(-c3cccc(NC(C)=O)c3)c2)cc1. The predicted octanol–water partition coefficient (Wildman–Crippen LogP) is 4.46. The largest absolute Gasteiger partial charge is 0.497 e. The average molecular weight is 333 g/mol. The van der Waals surface area contributed by atoms with E-state index in [0.717, 1.165) is 33.9 Å². The second-order valence-corrected chi connectivity index (χ2v) is 5.58. The van der Waals surface area contributed by atoms with Gasteiger partial charge in [0.2, 0.25) is 5.91 Å². The molecule has 0 bridgehead atoms. The molecular weight excluding hydrogens is 314 g/mol. The van der Waals surface area contributed by atoms with E-state index in [9.17, 15) is 4.79 Å². The number of aromatic nitrogens is 1. The summed E-state index contributed by atoms with van der Waals surface area (Å²) in [6, 6.07) is 17.4. The maximum atomic E-state index is 11.2. The van der Waals surface area contributed by atoms with Gasteiger partial charge in [-0.1, -0.05) is 12.1 Å². The smallest absolute Gasteiger partial charge is 0.221 e. The van der Waals surface area contributed by atoms with Crippen LogP contribution in [0.15, 0.2) is 67.0 Å². The minimum absolute atomic E-state index is 0.0924. The number of nitrogens with zero attached hydrogens (tertiary/aromatic N) is 1. The number of ether oxygens (including phenoxy) is 1. The number of anilines is 3. The fraction of sp³-hybridized carbons (Fsp3) is 0.100. The predicted molar refractivity (Wildman–Crippen MR) is 100 cm³/mol. The number of rotatable bonds is 5. The number of methoxy groups -OCH3 is 1. The molecule has 2 aromatic carbocycles. The van der Waals surface area contributed by atoms with Crippen LogP contribution in [0.3, 0.4) is 0 Å². The molecule has 5 heteroatoms. The van der Waals surface area contributed by atoms with Crippen molar-refractivity contribution in [3.05, 3.63) is 67.0 Å². The maximum Gasteiger partial charge on any atom is 0.221 e. The van der Waals surface area contributed by atoms with Gasteiger partial charge < -0.3 is 15.4 Å². The Morgan fingerprint density at radius 1 is 0.920 bits per heavy atom. The molecular formula is C20H19N3O2. The maximum absolute atomic E-state index is 11.2. The van der Waals surface area contributed by atoms with Crippen molar-refractivity contribution in [1.29, 1.82) is 0 Å². The summed E-state index contributed by atoms with van der Waals surface area (Å²) in [6.45, 7) is 1.49. The molecule has 0 aliphatic rings. The van der Waals surface area contributed by atoms with Gasteiger partial charge in [0.1, 0.15) is 5.75 Å². The van der Waals surface area contributed by atoms with Crippen LogP contribution in [0, 0.1) is 0 Å². The van der Waals surface area contributed by atoms with Gasteiger partial charge in [-0.2, -0.15) is 0 Å². The molecule has 1 amide bonds. The van der Waals surface area contributed by atoms with Crippen LogP contribution >= 0.6 is 0 Å². The van der Waals surface area contributed by atoms with E-state index < -0.39 is 0 Å². The molecule has 0 aliphatic carbocycles. The van der Waals surface area contributed by atoms with Gasteiger partial charge in [0, 0.05) is 30.1 Å². The lowest BCUT2D eigenvalue weighted by Gasteiger charge is -2.10. The number of hydrogen-bond acceptors (Lipinski definition) is 4. The molecule has 2 N–H and O–H groups in total. The van der Waals surface area contributed by atoms with Crippen molar-refractivity contribution < 1.29 is 9.53 Å². The Morgan fingerprint density at radius 3 is 2.40 bits per heavy atom. The third-order valence-corrected chi connectivity index (χ3v) is 3.63. The summed E-state index contributed by atoms with van der Waals surface area (Å²) in [5.41, 5.74) is 4.54. The van der Waals surface area contributed by atoms with Crippen LogP contribution in [0.25, 0.3) is 11.1 Å². The Labute approximate surface area is 146 Å². The number of amides is 1. The first kappa shape index (κ1) is 16.5. The van der Waals surface area contributed by atoms with E-state index in [1.54, 1.807) is 19.5 Å². The highest BCUT2D eigenvalue weighted by Crippen LogP contribution is 2.26. The Hall–Kier alpha value is -3.34. The molecule has 0 unspecified atom stereocenters. The molecule has 0 fully saturated rings. The number of nitrogens with one attached hydrogen (secondary N) is 2. The third-order valence-electron chi connectivity index (χ3n) is 3.63. The molecule has 126 valence electrons. The second kappa shape index (κ2) is 7.49. The van der Waals surface area contributed by atoms with Crippen LogP contribution in [-0.2, 0) is 4.79 Å². The molecule has 5 nitrogen and oxygen atoms in total. The van der Waals surface area contributed by atoms with Crippen LogP contribution in [-0.4, -0.2) is 18.0 Å². The fourth-order valence-electron chi connectivity index (χ4n) is 2.49. The van der Waals surface area contributed by atoms with Crippen molar-refractivity contribution in [2.45, 2.75) is 6.92 Å². The summed E-state index contributed by atoms with van der Waals surface area (Å²) >= 11 is 0. The number of carbonyl (C=O) groups is 1. The lowest BCUT2D eigenvalue weighted by molar-refractivity contribution is -0.114. The van der Waals surface area contributed by atoms with Gasteiger partial charge in [-0.15, -0.1) is 0 Å². The first-order chi connectivity index (χ1) is 12.1. The van der Waals surface area contributed by atoms with E-state index >= 15 is 0 Å². The molecule has 0 aliphatic heterocycles. The highest BCUT2D eigenvalue weighted by Gasteiger charge is 2.03. The molecule has 0 saturated carbocycles. The molecule has 0 spiro atoms. The van der Waals surface area contributed by atoms with Gasteiger partial charge in [-0.25, -0.2) is 0 Å². The average Bonchev–Trinajstić information content (AvgIpc) is 2.62. The topological polar surface area (TPSA) is 63.2 Å². The van der Waals surface area contributed by atoms with Gasteiger partial charge in [0.05, 0.1) is 19.0 Å². The minimum atomic E-state index is -0.0924. The Balaban J connectivity index is 1.82. The quantitative estimate of drug-likeness (QED) is 0.723. The molecule has 3 rings (SSSR count). The van der Waals surface area contributed by atoms with Crippen molar-refractivity contribution in [2.24, 2.45) is 0 Å². The van der Waals surface area contributed by atoms with Gasteiger partial charge in [0.15, 0.2) is 0 Å². The third kappa shape index (κ3) is 4.35. The molecule has 1 aromatic heterocycles. The highest BCUT2D eigenvalue weighted by atomic mass is 16.5. The Morgan fingerprint density at radius 2 is 1.68 bits per heavy atom. The summed E-state index contributed by atoms with van der Waals surface area (Å²) < 4.78 is 5.16. The number of carbonyl (C=O) groups excluding carboxylic acids is 1. The van der Waals surface area contributed by atoms with E-state index in [1.807, 2.05) is 54.6 Å². The molecule has 0 saturated heterocycles. The van der Waals surface area contributed by atoms with Gasteiger partial charge >= 0.3 is 0 Å². The number of pyridine rings is 1. The minimum Gasteiger partial charge on any atom is -0.497 e. The summed E-state index contributed by atoms with van der Waals surface area (Å²) in [5.74, 6) is 0.720. The van der Waals surface area contributed by atoms with Gasteiger partial charge in [-0.05, 0) is 48.0 Å². The zero-order chi connectivity index (χ0) is 17.6. The van der Waals surface area contributed by atoms with Crippen LogP contribution < -0.4 is 15.4 Å². The standard InChI is InChI=1S/C20H19N3O2/c1-14(24)22-18-5-3-4-15(10-18)16-11-19(13-21-12-16)23-17-6-8-20(25-2)9-7-17/h3-13,23H,1-2H3,(H,22,24). The van der Waals surface area contributed by atoms with E-state index in [4.69, 9.17) is 4.74 Å². The van der Waals surface area contributed by atoms with E-state index in [-0.39, 0.29) is 5.91 Å². The van der Waals surface area contributed by atoms with E-state index in [0.29, 0.717) is 0 Å². The molecule has 0 radical (unpaired) electrons. The van der Waals surface area contributed by atoms with Crippen molar-refractivity contribution in [1.82, 2.24) is 4.98 Å². The number of hydrogen-bond donors (Lipinski definition) is 2. The second-order valence-electron chi connectivity index (χ2n) is 5.58. The van der Waals surface area contributed by atoms with Gasteiger partial charge in [0.25, 0.3) is 0 Å². The number of benzene rings is 2. The van der Waals surface area contributed by atoms with E-state index in [1.165, 1.54) is 6.92 Å². The molecule has 1 heterocycles. The van der Waals surface area contributed by atoms with Crippen LogP contribution in [0.1, 0.15) is 6.92 Å². The van der Waals surface area contributed by atoms with Gasteiger partial charge in [-0.3, -0.25) is 9.78 Å². The van der Waals surface area contributed by atoms with Crippen LogP contribution in [0.4, 0.5) is 17.1 Å². The summed E-state index contributed by atoms with van der Waals surface area (Å²) in [7, 11) is 1.64. The first-order valence-electron chi connectivity index (χ1n) is 7.88. The van der Waals surface area contributed by atoms with Crippen LogP contribution in [0.2, 0.25) is 0 Å². The highest BCUT2D eigenvalue weighted by molar-refractivity contribution is 5.89. The lowest BCUT2D eigenvalue weighted by Crippen LogP contribution is -2.05. The monoisotopic (exact) mass is 333 g/mol. The normalized spacial score (nSPS) is 10.2. The van der Waals surface area contributed by atoms with E-state index in [2.05, 4.69) is 15.6 Å².